The lowest BCUT2D eigenvalue weighted by Gasteiger charge is -2.31. The third-order valence-electron chi connectivity index (χ3n) is 6.12. The first-order valence-corrected chi connectivity index (χ1v) is 11.8. The topological polar surface area (TPSA) is 101 Å². The van der Waals surface area contributed by atoms with Crippen molar-refractivity contribution in [3.63, 3.8) is 0 Å². The number of hydrogen-bond donors (Lipinski definition) is 3. The number of nitrogens with two attached hydrogens (primary N) is 1. The maximum Gasteiger partial charge on any atom is 0.221 e. The number of likely N-dealkylation sites (tertiary alicyclic amines) is 1. The second-order valence-corrected chi connectivity index (χ2v) is 8.81. The molecule has 2 aliphatic rings. The summed E-state index contributed by atoms with van der Waals surface area (Å²) in [6.45, 7) is 7.38. The van der Waals surface area contributed by atoms with Gasteiger partial charge in [-0.15, -0.1) is 0 Å². The van der Waals surface area contributed by atoms with E-state index in [9.17, 15) is 4.79 Å². The Hall–Kier alpha value is -2.16. The molecule has 32 heavy (non-hydrogen) atoms. The van der Waals surface area contributed by atoms with E-state index in [1.807, 2.05) is 0 Å². The number of rotatable bonds is 11. The van der Waals surface area contributed by atoms with Crippen molar-refractivity contribution >= 4 is 11.9 Å². The number of carbonyl (C=O) groups excluding carboxylic acids is 1. The molecule has 0 aliphatic carbocycles. The fraction of sp³-hybridized carbons (Fsp3) is 0.667. The number of aliphatic imine (C=N–C) groups is 1. The minimum Gasteiger partial charge on any atom is -0.381 e. The van der Waals surface area contributed by atoms with E-state index in [-0.39, 0.29) is 11.8 Å². The van der Waals surface area contributed by atoms with Crippen LogP contribution in [0.4, 0.5) is 0 Å². The van der Waals surface area contributed by atoms with Gasteiger partial charge in [0, 0.05) is 52.4 Å². The zero-order chi connectivity index (χ0) is 22.6. The summed E-state index contributed by atoms with van der Waals surface area (Å²) in [6, 6.07) is 8.56. The Labute approximate surface area is 191 Å². The molecule has 0 radical (unpaired) electrons. The van der Waals surface area contributed by atoms with Crippen LogP contribution in [0.1, 0.15) is 36.8 Å². The van der Waals surface area contributed by atoms with Gasteiger partial charge in [0.05, 0.1) is 19.1 Å². The Morgan fingerprint density at radius 3 is 2.97 bits per heavy atom. The molecule has 2 fully saturated rings. The van der Waals surface area contributed by atoms with Gasteiger partial charge in [-0.05, 0) is 43.4 Å². The van der Waals surface area contributed by atoms with E-state index in [1.54, 1.807) is 7.05 Å². The number of piperidine rings is 1. The molecule has 2 aliphatic heterocycles. The van der Waals surface area contributed by atoms with Gasteiger partial charge >= 0.3 is 0 Å². The first kappa shape index (κ1) is 24.5. The summed E-state index contributed by atoms with van der Waals surface area (Å²) in [5.41, 5.74) is 7.97. The fourth-order valence-electron chi connectivity index (χ4n) is 4.28. The molecular formula is C24H39N5O3. The van der Waals surface area contributed by atoms with Crippen molar-refractivity contribution in [2.24, 2.45) is 22.6 Å². The minimum atomic E-state index is -0.179. The largest absolute Gasteiger partial charge is 0.381 e. The highest BCUT2D eigenvalue weighted by molar-refractivity contribution is 5.79. The third kappa shape index (κ3) is 8.41. The van der Waals surface area contributed by atoms with Crippen LogP contribution in [0.25, 0.3) is 0 Å². The minimum absolute atomic E-state index is 0.0230. The van der Waals surface area contributed by atoms with E-state index in [4.69, 9.17) is 15.2 Å². The van der Waals surface area contributed by atoms with E-state index in [0.717, 1.165) is 84.2 Å². The first-order chi connectivity index (χ1) is 15.6. The molecule has 0 spiro atoms. The molecule has 1 aromatic rings. The Balaban J connectivity index is 1.34. The Morgan fingerprint density at radius 1 is 1.31 bits per heavy atom. The number of primary amides is 1. The van der Waals surface area contributed by atoms with Gasteiger partial charge in [0.15, 0.2) is 5.96 Å². The van der Waals surface area contributed by atoms with E-state index in [2.05, 4.69) is 44.8 Å². The number of benzene rings is 1. The van der Waals surface area contributed by atoms with Gasteiger partial charge in [-0.1, -0.05) is 24.3 Å². The van der Waals surface area contributed by atoms with Crippen molar-refractivity contribution in [3.8, 4) is 0 Å². The molecule has 8 heteroatoms. The van der Waals surface area contributed by atoms with Crippen LogP contribution in [0, 0.1) is 11.8 Å². The SMILES string of the molecule is CN=C(NCCCOCC1CCOC1)NCc1cccc(CN2CCCC(C(N)=O)C2)c1. The number of amides is 1. The van der Waals surface area contributed by atoms with Crippen LogP contribution >= 0.6 is 0 Å². The molecule has 4 N–H and O–H groups in total. The second-order valence-electron chi connectivity index (χ2n) is 8.81. The lowest BCUT2D eigenvalue weighted by atomic mass is 9.97. The molecule has 1 amide bonds. The van der Waals surface area contributed by atoms with Crippen LogP contribution in [-0.4, -0.2) is 69.9 Å². The molecule has 0 saturated carbocycles. The van der Waals surface area contributed by atoms with E-state index in [1.165, 1.54) is 11.1 Å². The van der Waals surface area contributed by atoms with Gasteiger partial charge in [0.2, 0.25) is 5.91 Å². The molecule has 2 saturated heterocycles. The number of ether oxygens (including phenoxy) is 2. The van der Waals surface area contributed by atoms with Gasteiger partial charge in [0.1, 0.15) is 0 Å². The zero-order valence-electron chi connectivity index (χ0n) is 19.4. The summed E-state index contributed by atoms with van der Waals surface area (Å²) in [6.07, 6.45) is 3.98. The highest BCUT2D eigenvalue weighted by atomic mass is 16.5. The maximum absolute atomic E-state index is 11.5. The standard InChI is InChI=1S/C24H39N5O3/c1-26-24(27-9-4-11-31-17-21-8-12-32-18-21)28-14-19-5-2-6-20(13-19)15-29-10-3-7-22(16-29)23(25)30/h2,5-6,13,21-22H,3-4,7-12,14-18H2,1H3,(H2,25,30)(H2,26,27,28). The van der Waals surface area contributed by atoms with Crippen LogP contribution in [0.2, 0.25) is 0 Å². The van der Waals surface area contributed by atoms with Gasteiger partial charge < -0.3 is 25.8 Å². The Bertz CT molecular complexity index is 736. The van der Waals surface area contributed by atoms with E-state index >= 15 is 0 Å². The molecule has 0 bridgehead atoms. The maximum atomic E-state index is 11.5. The van der Waals surface area contributed by atoms with Crippen LogP contribution in [0.5, 0.6) is 0 Å². The Kier molecular flexibility index (Phi) is 10.3. The van der Waals surface area contributed by atoms with Gasteiger partial charge in [-0.25, -0.2) is 0 Å². The van der Waals surface area contributed by atoms with Crippen molar-refractivity contribution in [2.45, 2.75) is 38.8 Å². The summed E-state index contributed by atoms with van der Waals surface area (Å²) < 4.78 is 11.1. The number of hydrogen-bond acceptors (Lipinski definition) is 5. The molecule has 1 aromatic carbocycles. The molecule has 0 aromatic heterocycles. The molecule has 2 atom stereocenters. The molecule has 2 heterocycles. The van der Waals surface area contributed by atoms with Crippen LogP contribution in [-0.2, 0) is 27.4 Å². The summed E-state index contributed by atoms with van der Waals surface area (Å²) in [7, 11) is 1.79. The Morgan fingerprint density at radius 2 is 2.19 bits per heavy atom. The predicted molar refractivity (Wildman–Crippen MR) is 126 cm³/mol. The summed E-state index contributed by atoms with van der Waals surface area (Å²) >= 11 is 0. The second kappa shape index (κ2) is 13.4. The van der Waals surface area contributed by atoms with E-state index < -0.39 is 0 Å². The molecular weight excluding hydrogens is 406 g/mol. The van der Waals surface area contributed by atoms with Gasteiger partial charge in [-0.3, -0.25) is 14.7 Å². The molecule has 2 unspecified atom stereocenters. The predicted octanol–water partition coefficient (Wildman–Crippen LogP) is 1.49. The average Bonchev–Trinajstić information content (AvgIpc) is 3.32. The van der Waals surface area contributed by atoms with Crippen LogP contribution < -0.4 is 16.4 Å². The number of nitrogens with zero attached hydrogens (tertiary/aromatic N) is 2. The van der Waals surface area contributed by atoms with Crippen molar-refractivity contribution in [3.05, 3.63) is 35.4 Å². The van der Waals surface area contributed by atoms with Crippen LogP contribution in [0.15, 0.2) is 29.3 Å². The molecule has 178 valence electrons. The van der Waals surface area contributed by atoms with Crippen molar-refractivity contribution in [1.29, 1.82) is 0 Å². The monoisotopic (exact) mass is 445 g/mol. The lowest BCUT2D eigenvalue weighted by Crippen LogP contribution is -2.40. The lowest BCUT2D eigenvalue weighted by molar-refractivity contribution is -0.123. The zero-order valence-corrected chi connectivity index (χ0v) is 19.4. The number of nitrogens with one attached hydrogen (secondary N) is 2. The van der Waals surface area contributed by atoms with Crippen molar-refractivity contribution < 1.29 is 14.3 Å². The quantitative estimate of drug-likeness (QED) is 0.271. The van der Waals surface area contributed by atoms with Crippen molar-refractivity contribution in [1.82, 2.24) is 15.5 Å². The summed E-state index contributed by atoms with van der Waals surface area (Å²) in [5.74, 6) is 1.15. The van der Waals surface area contributed by atoms with Gasteiger partial charge in [-0.2, -0.15) is 0 Å². The van der Waals surface area contributed by atoms with Gasteiger partial charge in [0.25, 0.3) is 0 Å². The van der Waals surface area contributed by atoms with Crippen molar-refractivity contribution in [2.75, 3.05) is 53.1 Å². The smallest absolute Gasteiger partial charge is 0.221 e. The highest BCUT2D eigenvalue weighted by Gasteiger charge is 2.23. The first-order valence-electron chi connectivity index (χ1n) is 11.8. The molecule has 8 nitrogen and oxygen atoms in total. The summed E-state index contributed by atoms with van der Waals surface area (Å²) in [5, 5.41) is 6.73. The summed E-state index contributed by atoms with van der Waals surface area (Å²) in [4.78, 5) is 18.2. The number of carbonyl (C=O) groups is 1. The average molecular weight is 446 g/mol. The highest BCUT2D eigenvalue weighted by Crippen LogP contribution is 2.19. The fourth-order valence-corrected chi connectivity index (χ4v) is 4.28. The third-order valence-corrected chi connectivity index (χ3v) is 6.12. The normalized spacial score (nSPS) is 22.1. The number of guanidine groups is 1. The van der Waals surface area contributed by atoms with E-state index in [0.29, 0.717) is 12.5 Å². The molecule has 3 rings (SSSR count). The van der Waals surface area contributed by atoms with Crippen LogP contribution in [0.3, 0.4) is 0 Å².